The summed E-state index contributed by atoms with van der Waals surface area (Å²) in [4.78, 5) is 29.9. The van der Waals surface area contributed by atoms with Gasteiger partial charge in [-0.1, -0.05) is 48.5 Å². The van der Waals surface area contributed by atoms with Crippen LogP contribution in [-0.2, 0) is 22.6 Å². The Labute approximate surface area is 165 Å². The van der Waals surface area contributed by atoms with E-state index >= 15 is 0 Å². The first-order chi connectivity index (χ1) is 13.6. The van der Waals surface area contributed by atoms with Crippen LogP contribution < -0.4 is 4.90 Å². The molecule has 2 aromatic carbocycles. The Hall–Kier alpha value is -2.88. The molecule has 28 heavy (non-hydrogen) atoms. The van der Waals surface area contributed by atoms with E-state index in [4.69, 9.17) is 0 Å². The predicted molar refractivity (Wildman–Crippen MR) is 109 cm³/mol. The highest BCUT2D eigenvalue weighted by Gasteiger charge is 2.47. The number of benzene rings is 2. The van der Waals surface area contributed by atoms with E-state index in [-0.39, 0.29) is 29.7 Å². The van der Waals surface area contributed by atoms with Crippen molar-refractivity contribution in [1.82, 2.24) is 4.90 Å². The highest BCUT2D eigenvalue weighted by Crippen LogP contribution is 2.43. The van der Waals surface area contributed by atoms with E-state index in [2.05, 4.69) is 35.2 Å². The van der Waals surface area contributed by atoms with Gasteiger partial charge >= 0.3 is 0 Å². The zero-order chi connectivity index (χ0) is 19.3. The van der Waals surface area contributed by atoms with Gasteiger partial charge in [0.2, 0.25) is 5.91 Å². The lowest BCUT2D eigenvalue weighted by Gasteiger charge is -2.41. The normalized spacial score (nSPS) is 25.7. The van der Waals surface area contributed by atoms with Crippen molar-refractivity contribution in [1.29, 1.82) is 0 Å². The van der Waals surface area contributed by atoms with Gasteiger partial charge in [0.25, 0.3) is 0 Å². The van der Waals surface area contributed by atoms with E-state index in [0.29, 0.717) is 6.42 Å². The number of allylic oxidation sites excluding steroid dienone is 1. The minimum absolute atomic E-state index is 0.0276. The van der Waals surface area contributed by atoms with Crippen LogP contribution in [0.25, 0.3) is 0 Å². The lowest BCUT2D eigenvalue weighted by Crippen LogP contribution is -2.50. The molecule has 4 nitrogen and oxygen atoms in total. The molecule has 0 N–H and O–H groups in total. The van der Waals surface area contributed by atoms with Crippen molar-refractivity contribution in [2.45, 2.75) is 44.8 Å². The predicted octanol–water partition coefficient (Wildman–Crippen LogP) is 3.71. The molecule has 1 amide bonds. The fraction of sp³-hybridized carbons (Fsp3) is 0.333. The van der Waals surface area contributed by atoms with Crippen molar-refractivity contribution < 1.29 is 9.59 Å². The topological polar surface area (TPSA) is 40.6 Å². The lowest BCUT2D eigenvalue weighted by atomic mass is 9.82. The quantitative estimate of drug-likeness (QED) is 0.825. The zero-order valence-electron chi connectivity index (χ0n) is 16.0. The Morgan fingerprint density at radius 2 is 1.75 bits per heavy atom. The van der Waals surface area contributed by atoms with Crippen LogP contribution in [0.15, 0.2) is 66.4 Å². The molecule has 3 aliphatic rings. The van der Waals surface area contributed by atoms with E-state index in [0.717, 1.165) is 30.6 Å². The van der Waals surface area contributed by atoms with Crippen LogP contribution in [0.4, 0.5) is 5.69 Å². The first-order valence-electron chi connectivity index (χ1n) is 10.0. The molecule has 0 spiro atoms. The summed E-state index contributed by atoms with van der Waals surface area (Å²) >= 11 is 0. The smallest absolute Gasteiger partial charge is 0.227 e. The number of Topliss-reactive ketones (excluding diaryl/α,β-unsaturated/α-hetero) is 1. The van der Waals surface area contributed by atoms with Crippen molar-refractivity contribution >= 4 is 17.4 Å². The number of fused-ring (bicyclic) bond motifs is 6. The third-order valence-corrected chi connectivity index (χ3v) is 6.46. The molecule has 1 saturated heterocycles. The van der Waals surface area contributed by atoms with Gasteiger partial charge in [-0.3, -0.25) is 9.59 Å². The molecular weight excluding hydrogens is 348 g/mol. The van der Waals surface area contributed by atoms with Crippen molar-refractivity contribution in [2.75, 3.05) is 4.90 Å². The van der Waals surface area contributed by atoms with Gasteiger partial charge in [0.05, 0.1) is 12.1 Å². The molecule has 0 aromatic heterocycles. The van der Waals surface area contributed by atoms with Crippen molar-refractivity contribution in [3.63, 3.8) is 0 Å². The summed E-state index contributed by atoms with van der Waals surface area (Å²) in [6, 6.07) is 19.0. The average Bonchev–Trinajstić information content (AvgIpc) is 3.03. The van der Waals surface area contributed by atoms with Gasteiger partial charge in [-0.25, -0.2) is 0 Å². The standard InChI is InChI=1S/C24H24N2O2/c1-16(27)20-15-25(14-17-7-3-2-4-8-17)22-12-19(20)13-24(28)26-21-10-6-5-9-18(21)11-23(22)26/h2-10,15,19,22-23H,11-14H2,1H3/t19-,22+,23?/m0/s1. The Morgan fingerprint density at radius 1 is 1.00 bits per heavy atom. The third kappa shape index (κ3) is 2.75. The van der Waals surface area contributed by atoms with Crippen LogP contribution in [0, 0.1) is 5.92 Å². The van der Waals surface area contributed by atoms with Gasteiger partial charge in [-0.05, 0) is 42.9 Å². The molecule has 0 radical (unpaired) electrons. The van der Waals surface area contributed by atoms with Gasteiger partial charge < -0.3 is 9.80 Å². The highest BCUT2D eigenvalue weighted by molar-refractivity contribution is 6.00. The number of anilines is 1. The first kappa shape index (κ1) is 17.2. The molecule has 3 atom stereocenters. The van der Waals surface area contributed by atoms with Crippen LogP contribution in [0.2, 0.25) is 0 Å². The van der Waals surface area contributed by atoms with Gasteiger partial charge in [0.15, 0.2) is 5.78 Å². The number of carbonyl (C=O) groups is 2. The summed E-state index contributed by atoms with van der Waals surface area (Å²) in [6.07, 6.45) is 4.22. The number of hydrogen-bond acceptors (Lipinski definition) is 3. The Kier molecular flexibility index (Phi) is 4.08. The maximum Gasteiger partial charge on any atom is 0.227 e. The molecular formula is C24H24N2O2. The molecule has 0 aliphatic carbocycles. The second-order valence-electron chi connectivity index (χ2n) is 8.17. The van der Waals surface area contributed by atoms with Crippen molar-refractivity contribution in [2.24, 2.45) is 5.92 Å². The fourth-order valence-electron chi connectivity index (χ4n) is 5.19. The van der Waals surface area contributed by atoms with E-state index < -0.39 is 0 Å². The number of amides is 1. The summed E-state index contributed by atoms with van der Waals surface area (Å²) in [7, 11) is 0. The highest BCUT2D eigenvalue weighted by atomic mass is 16.2. The van der Waals surface area contributed by atoms with Crippen molar-refractivity contribution in [3.8, 4) is 0 Å². The van der Waals surface area contributed by atoms with E-state index in [9.17, 15) is 9.59 Å². The summed E-state index contributed by atoms with van der Waals surface area (Å²) in [5.74, 6) is 0.257. The van der Waals surface area contributed by atoms with Gasteiger partial charge in [-0.15, -0.1) is 0 Å². The van der Waals surface area contributed by atoms with Crippen LogP contribution in [-0.4, -0.2) is 28.7 Å². The maximum absolute atomic E-state index is 13.2. The number of para-hydroxylation sites is 1. The van der Waals surface area contributed by atoms with Crippen LogP contribution >= 0.6 is 0 Å². The minimum Gasteiger partial charge on any atom is -0.368 e. The molecule has 1 fully saturated rings. The van der Waals surface area contributed by atoms with Crippen molar-refractivity contribution in [3.05, 3.63) is 77.5 Å². The summed E-state index contributed by atoms with van der Waals surface area (Å²) in [5, 5.41) is 0. The summed E-state index contributed by atoms with van der Waals surface area (Å²) in [6.45, 7) is 2.38. The molecule has 4 heteroatoms. The molecule has 3 heterocycles. The third-order valence-electron chi connectivity index (χ3n) is 6.46. The minimum atomic E-state index is 0.0276. The molecule has 142 valence electrons. The maximum atomic E-state index is 13.2. The zero-order valence-corrected chi connectivity index (χ0v) is 16.0. The molecule has 0 saturated carbocycles. The van der Waals surface area contributed by atoms with Gasteiger partial charge in [0, 0.05) is 30.4 Å². The monoisotopic (exact) mass is 372 g/mol. The van der Waals surface area contributed by atoms with E-state index in [1.165, 1.54) is 11.1 Å². The van der Waals surface area contributed by atoms with Crippen LogP contribution in [0.5, 0.6) is 0 Å². The Morgan fingerprint density at radius 3 is 2.54 bits per heavy atom. The number of nitrogens with zero attached hydrogens (tertiary/aromatic N) is 2. The van der Waals surface area contributed by atoms with E-state index in [1.807, 2.05) is 35.4 Å². The Bertz CT molecular complexity index is 966. The Balaban J connectivity index is 1.57. The molecule has 3 aliphatic heterocycles. The fourth-order valence-corrected chi connectivity index (χ4v) is 5.19. The van der Waals surface area contributed by atoms with Gasteiger partial charge in [0.1, 0.15) is 0 Å². The molecule has 1 unspecified atom stereocenters. The SMILES string of the molecule is CC(=O)C1=CN(Cc2ccccc2)[C@@H]2C[C@H]1CC(=O)N1c3ccccc3CC21. The largest absolute Gasteiger partial charge is 0.368 e. The van der Waals surface area contributed by atoms with Gasteiger partial charge in [-0.2, -0.15) is 0 Å². The lowest BCUT2D eigenvalue weighted by molar-refractivity contribution is -0.119. The number of hydrogen-bond donors (Lipinski definition) is 0. The number of ketones is 1. The second-order valence-corrected chi connectivity index (χ2v) is 8.17. The molecule has 2 bridgehead atoms. The average molecular weight is 372 g/mol. The van der Waals surface area contributed by atoms with Crippen LogP contribution in [0.3, 0.4) is 0 Å². The van der Waals surface area contributed by atoms with Crippen LogP contribution in [0.1, 0.15) is 30.9 Å². The number of rotatable bonds is 3. The summed E-state index contributed by atoms with van der Waals surface area (Å²) in [5.41, 5.74) is 4.32. The molecule has 5 rings (SSSR count). The second kappa shape index (κ2) is 6.62. The molecule has 2 aromatic rings. The first-order valence-corrected chi connectivity index (χ1v) is 10.0. The summed E-state index contributed by atoms with van der Waals surface area (Å²) < 4.78 is 0. The van der Waals surface area contributed by atoms with E-state index in [1.54, 1.807) is 6.92 Å². The number of carbonyl (C=O) groups excluding carboxylic acids is 2.